The Labute approximate surface area is 143 Å². The Morgan fingerprint density at radius 2 is 2.00 bits per heavy atom. The molecule has 0 heterocycles. The van der Waals surface area contributed by atoms with E-state index in [1.165, 1.54) is 25.2 Å². The van der Waals surface area contributed by atoms with Crippen LogP contribution in [0.15, 0.2) is 23.1 Å². The molecule has 7 heteroatoms. The van der Waals surface area contributed by atoms with Crippen LogP contribution >= 0.6 is 11.6 Å². The Morgan fingerprint density at radius 3 is 2.57 bits per heavy atom. The van der Waals surface area contributed by atoms with E-state index in [9.17, 15) is 13.2 Å². The van der Waals surface area contributed by atoms with Crippen LogP contribution in [0.25, 0.3) is 0 Å². The molecule has 0 saturated carbocycles. The van der Waals surface area contributed by atoms with E-state index in [0.717, 1.165) is 25.7 Å². The molecule has 1 amide bonds. The third-order valence-corrected chi connectivity index (χ3v) is 5.74. The summed E-state index contributed by atoms with van der Waals surface area (Å²) in [5.41, 5.74) is 0.286. The topological polar surface area (TPSA) is 75.3 Å². The zero-order valence-corrected chi connectivity index (χ0v) is 15.4. The van der Waals surface area contributed by atoms with Gasteiger partial charge in [0.05, 0.1) is 5.02 Å². The summed E-state index contributed by atoms with van der Waals surface area (Å²) in [5.74, 6) is 0.149. The highest BCUT2D eigenvalue weighted by molar-refractivity contribution is 7.89. The summed E-state index contributed by atoms with van der Waals surface area (Å²) in [5, 5.41) is 2.97. The number of sulfonamides is 1. The largest absolute Gasteiger partial charge is 0.352 e. The van der Waals surface area contributed by atoms with Gasteiger partial charge >= 0.3 is 0 Å². The minimum absolute atomic E-state index is 0.0882. The van der Waals surface area contributed by atoms with Crippen LogP contribution in [0.1, 0.15) is 49.9 Å². The monoisotopic (exact) mass is 360 g/mol. The minimum Gasteiger partial charge on any atom is -0.352 e. The van der Waals surface area contributed by atoms with Gasteiger partial charge in [-0.1, -0.05) is 44.7 Å². The lowest BCUT2D eigenvalue weighted by Gasteiger charge is -2.15. The lowest BCUT2D eigenvalue weighted by atomic mass is 9.99. The molecule has 0 radical (unpaired) electrons. The fourth-order valence-electron chi connectivity index (χ4n) is 2.24. The van der Waals surface area contributed by atoms with E-state index in [1.54, 1.807) is 0 Å². The number of hydrogen-bond acceptors (Lipinski definition) is 3. The summed E-state index contributed by atoms with van der Waals surface area (Å²) >= 11 is 5.92. The summed E-state index contributed by atoms with van der Waals surface area (Å²) < 4.78 is 26.0. The Kier molecular flexibility index (Phi) is 8.02. The zero-order chi connectivity index (χ0) is 17.5. The third kappa shape index (κ3) is 5.79. The van der Waals surface area contributed by atoms with Crippen LogP contribution in [-0.2, 0) is 10.0 Å². The molecule has 0 aliphatic heterocycles. The SMILES string of the molecule is CCCCC(CC)CNC(=O)c1ccc(Cl)c(S(=O)(=O)NC)c1. The first-order chi connectivity index (χ1) is 10.9. The van der Waals surface area contributed by atoms with Crippen molar-refractivity contribution in [2.75, 3.05) is 13.6 Å². The summed E-state index contributed by atoms with van der Waals surface area (Å²) in [6, 6.07) is 4.25. The van der Waals surface area contributed by atoms with Crippen LogP contribution in [0.4, 0.5) is 0 Å². The van der Waals surface area contributed by atoms with E-state index in [4.69, 9.17) is 11.6 Å². The summed E-state index contributed by atoms with van der Waals surface area (Å²) in [6.45, 7) is 4.83. The molecular formula is C16H25ClN2O3S. The van der Waals surface area contributed by atoms with E-state index < -0.39 is 10.0 Å². The van der Waals surface area contributed by atoms with Gasteiger partial charge in [-0.05, 0) is 37.6 Å². The molecule has 0 saturated heterocycles. The number of rotatable bonds is 9. The predicted octanol–water partition coefficient (Wildman–Crippen LogP) is 3.19. The van der Waals surface area contributed by atoms with Crippen molar-refractivity contribution in [3.63, 3.8) is 0 Å². The summed E-state index contributed by atoms with van der Waals surface area (Å²) in [7, 11) is -2.39. The van der Waals surface area contributed by atoms with E-state index in [1.807, 2.05) is 0 Å². The Balaban J connectivity index is 2.83. The number of nitrogens with one attached hydrogen (secondary N) is 2. The highest BCUT2D eigenvalue weighted by Crippen LogP contribution is 2.22. The Hall–Kier alpha value is -1.11. The van der Waals surface area contributed by atoms with Gasteiger partial charge in [0.1, 0.15) is 4.90 Å². The van der Waals surface area contributed by atoms with Crippen molar-refractivity contribution in [2.45, 2.75) is 44.4 Å². The zero-order valence-electron chi connectivity index (χ0n) is 13.9. The number of amides is 1. The van der Waals surface area contributed by atoms with Gasteiger partial charge in [0, 0.05) is 12.1 Å². The van der Waals surface area contributed by atoms with E-state index in [0.29, 0.717) is 12.5 Å². The summed E-state index contributed by atoms with van der Waals surface area (Å²) in [4.78, 5) is 12.2. The van der Waals surface area contributed by atoms with Crippen molar-refractivity contribution in [3.8, 4) is 0 Å². The maximum atomic E-state index is 12.2. The molecule has 0 aliphatic rings. The highest BCUT2D eigenvalue weighted by Gasteiger charge is 2.18. The molecule has 5 nitrogen and oxygen atoms in total. The number of carbonyl (C=O) groups excluding carboxylic acids is 1. The second-order valence-corrected chi connectivity index (χ2v) is 7.74. The molecule has 2 N–H and O–H groups in total. The second kappa shape index (κ2) is 9.25. The molecule has 1 unspecified atom stereocenters. The van der Waals surface area contributed by atoms with Crippen molar-refractivity contribution < 1.29 is 13.2 Å². The molecule has 1 atom stereocenters. The van der Waals surface area contributed by atoms with Gasteiger partial charge in [0.2, 0.25) is 10.0 Å². The molecular weight excluding hydrogens is 336 g/mol. The van der Waals surface area contributed by atoms with Crippen LogP contribution in [-0.4, -0.2) is 27.9 Å². The molecule has 1 aromatic carbocycles. The molecule has 130 valence electrons. The number of unbranched alkanes of at least 4 members (excludes halogenated alkanes) is 1. The molecule has 0 spiro atoms. The van der Waals surface area contributed by atoms with Gasteiger partial charge in [-0.25, -0.2) is 13.1 Å². The summed E-state index contributed by atoms with van der Waals surface area (Å²) in [6.07, 6.45) is 4.35. The minimum atomic E-state index is -3.69. The lowest BCUT2D eigenvalue weighted by molar-refractivity contribution is 0.0945. The Morgan fingerprint density at radius 1 is 1.30 bits per heavy atom. The first-order valence-electron chi connectivity index (χ1n) is 7.87. The quantitative estimate of drug-likeness (QED) is 0.710. The smallest absolute Gasteiger partial charge is 0.251 e. The van der Waals surface area contributed by atoms with Gasteiger partial charge in [-0.2, -0.15) is 0 Å². The first kappa shape index (κ1) is 19.9. The average molecular weight is 361 g/mol. The molecule has 23 heavy (non-hydrogen) atoms. The van der Waals surface area contributed by atoms with Crippen molar-refractivity contribution in [2.24, 2.45) is 5.92 Å². The van der Waals surface area contributed by atoms with Crippen LogP contribution in [0.5, 0.6) is 0 Å². The molecule has 0 aromatic heterocycles. The van der Waals surface area contributed by atoms with Crippen LogP contribution in [0.3, 0.4) is 0 Å². The second-order valence-electron chi connectivity index (χ2n) is 5.48. The standard InChI is InChI=1S/C16H25ClN2O3S/c1-4-6-7-12(5-2)11-19-16(20)13-8-9-14(17)15(10-13)23(21,22)18-3/h8-10,12,18H,4-7,11H2,1-3H3,(H,19,20). The molecule has 0 bridgehead atoms. The molecule has 0 aliphatic carbocycles. The van der Waals surface area contributed by atoms with E-state index >= 15 is 0 Å². The number of carbonyl (C=O) groups is 1. The highest BCUT2D eigenvalue weighted by atomic mass is 35.5. The maximum absolute atomic E-state index is 12.2. The van der Waals surface area contributed by atoms with Gasteiger partial charge < -0.3 is 5.32 Å². The van der Waals surface area contributed by atoms with Gasteiger partial charge in [-0.15, -0.1) is 0 Å². The predicted molar refractivity (Wildman–Crippen MR) is 93.3 cm³/mol. The van der Waals surface area contributed by atoms with Crippen molar-refractivity contribution >= 4 is 27.5 Å². The van der Waals surface area contributed by atoms with E-state index in [2.05, 4.69) is 23.9 Å². The number of hydrogen-bond donors (Lipinski definition) is 2. The van der Waals surface area contributed by atoms with Crippen LogP contribution < -0.4 is 10.0 Å². The molecule has 1 rings (SSSR count). The van der Waals surface area contributed by atoms with Crippen molar-refractivity contribution in [1.82, 2.24) is 10.0 Å². The fourth-order valence-corrected chi connectivity index (χ4v) is 3.49. The van der Waals surface area contributed by atoms with Gasteiger partial charge in [0.25, 0.3) is 5.91 Å². The van der Waals surface area contributed by atoms with Gasteiger partial charge in [-0.3, -0.25) is 4.79 Å². The lowest BCUT2D eigenvalue weighted by Crippen LogP contribution is -2.29. The third-order valence-electron chi connectivity index (χ3n) is 3.85. The Bertz CT molecular complexity index is 632. The normalized spacial score (nSPS) is 12.9. The molecule has 1 aromatic rings. The maximum Gasteiger partial charge on any atom is 0.251 e. The van der Waals surface area contributed by atoms with Crippen molar-refractivity contribution in [3.05, 3.63) is 28.8 Å². The number of halogens is 1. The fraction of sp³-hybridized carbons (Fsp3) is 0.562. The first-order valence-corrected chi connectivity index (χ1v) is 9.73. The molecule has 0 fully saturated rings. The average Bonchev–Trinajstić information content (AvgIpc) is 2.55. The van der Waals surface area contributed by atoms with Gasteiger partial charge in [0.15, 0.2) is 0 Å². The number of benzene rings is 1. The van der Waals surface area contributed by atoms with Crippen molar-refractivity contribution in [1.29, 1.82) is 0 Å². The van der Waals surface area contributed by atoms with Crippen LogP contribution in [0.2, 0.25) is 5.02 Å². The van der Waals surface area contributed by atoms with E-state index in [-0.39, 0.29) is 21.4 Å². The van der Waals surface area contributed by atoms with Crippen LogP contribution in [0, 0.1) is 5.92 Å².